The second-order valence-corrected chi connectivity index (χ2v) is 5.07. The highest BCUT2D eigenvalue weighted by Gasteiger charge is 2.29. The van der Waals surface area contributed by atoms with E-state index in [0.29, 0.717) is 5.82 Å². The molecule has 1 aromatic heterocycles. The number of aromatic nitrogens is 1. The molecule has 2 heterocycles. The first kappa shape index (κ1) is 12.8. The van der Waals surface area contributed by atoms with Crippen LogP contribution in [-0.4, -0.2) is 28.5 Å². The van der Waals surface area contributed by atoms with Crippen molar-refractivity contribution in [3.8, 4) is 0 Å². The molecule has 0 aromatic carbocycles. The molecular weight excluding hydrogens is 232 g/mol. The zero-order valence-electron chi connectivity index (χ0n) is 10.7. The van der Waals surface area contributed by atoms with Crippen LogP contribution in [0.3, 0.4) is 0 Å². The molecule has 1 saturated heterocycles. The molecule has 1 fully saturated rings. The summed E-state index contributed by atoms with van der Waals surface area (Å²) in [6.07, 6.45) is 3.51. The van der Waals surface area contributed by atoms with Crippen LogP contribution in [0, 0.1) is 17.0 Å². The van der Waals surface area contributed by atoms with Crippen LogP contribution in [0.15, 0.2) is 12.3 Å². The van der Waals surface area contributed by atoms with Gasteiger partial charge in [0.25, 0.3) is 0 Å². The number of aryl methyl sites for hydroxylation is 1. The summed E-state index contributed by atoms with van der Waals surface area (Å²) in [6.45, 7) is 5.72. The van der Waals surface area contributed by atoms with E-state index < -0.39 is 0 Å². The van der Waals surface area contributed by atoms with Crippen LogP contribution >= 0.6 is 0 Å². The minimum atomic E-state index is -0.382. The fraction of sp³-hybridized carbons (Fsp3) is 0.583. The fourth-order valence-electron chi connectivity index (χ4n) is 2.18. The molecule has 0 atom stereocenters. The van der Waals surface area contributed by atoms with Gasteiger partial charge in [0.2, 0.25) is 5.82 Å². The van der Waals surface area contributed by atoms with Gasteiger partial charge in [-0.1, -0.05) is 0 Å². The van der Waals surface area contributed by atoms with Crippen LogP contribution in [0.25, 0.3) is 0 Å². The van der Waals surface area contributed by atoms with Crippen molar-refractivity contribution in [1.82, 2.24) is 10.3 Å². The minimum Gasteiger partial charge on any atom is -0.359 e. The zero-order chi connectivity index (χ0) is 13.2. The molecule has 2 N–H and O–H groups in total. The van der Waals surface area contributed by atoms with E-state index in [0.717, 1.165) is 31.5 Å². The molecule has 1 aromatic rings. The highest BCUT2D eigenvalue weighted by Crippen LogP contribution is 2.29. The first-order valence-corrected chi connectivity index (χ1v) is 6.10. The molecular formula is C12H18N4O2. The Morgan fingerprint density at radius 1 is 1.50 bits per heavy atom. The summed E-state index contributed by atoms with van der Waals surface area (Å²) in [4.78, 5) is 14.8. The third-order valence-corrected chi connectivity index (χ3v) is 3.33. The third kappa shape index (κ3) is 2.76. The predicted molar refractivity (Wildman–Crippen MR) is 69.8 cm³/mol. The van der Waals surface area contributed by atoms with Gasteiger partial charge in [0, 0.05) is 17.8 Å². The van der Waals surface area contributed by atoms with Gasteiger partial charge in [0.05, 0.1) is 4.92 Å². The van der Waals surface area contributed by atoms with Gasteiger partial charge < -0.3 is 10.6 Å². The van der Waals surface area contributed by atoms with Crippen LogP contribution < -0.4 is 10.6 Å². The van der Waals surface area contributed by atoms with Crippen molar-refractivity contribution in [3.63, 3.8) is 0 Å². The summed E-state index contributed by atoms with van der Waals surface area (Å²) in [5, 5.41) is 17.6. The Kier molecular flexibility index (Phi) is 3.47. The molecule has 0 aliphatic carbocycles. The average Bonchev–Trinajstić information content (AvgIpc) is 2.32. The lowest BCUT2D eigenvalue weighted by Gasteiger charge is -2.35. The van der Waals surface area contributed by atoms with Gasteiger partial charge in [0.15, 0.2) is 0 Å². The summed E-state index contributed by atoms with van der Waals surface area (Å²) >= 11 is 0. The van der Waals surface area contributed by atoms with Crippen LogP contribution in [0.2, 0.25) is 0 Å². The van der Waals surface area contributed by atoms with Gasteiger partial charge in [0.1, 0.15) is 0 Å². The zero-order valence-corrected chi connectivity index (χ0v) is 10.7. The number of nitrogens with one attached hydrogen (secondary N) is 2. The maximum absolute atomic E-state index is 11.0. The summed E-state index contributed by atoms with van der Waals surface area (Å²) in [5.41, 5.74) is 0.718. The Hall–Kier alpha value is -1.69. The number of hydrogen-bond acceptors (Lipinski definition) is 5. The van der Waals surface area contributed by atoms with E-state index in [2.05, 4.69) is 22.5 Å². The molecule has 0 spiro atoms. The van der Waals surface area contributed by atoms with Gasteiger partial charge >= 0.3 is 5.69 Å². The highest BCUT2D eigenvalue weighted by atomic mass is 16.6. The summed E-state index contributed by atoms with van der Waals surface area (Å²) in [5.74, 6) is 0.370. The molecule has 6 heteroatoms. The highest BCUT2D eigenvalue weighted by molar-refractivity contribution is 5.57. The molecule has 1 aliphatic heterocycles. The average molecular weight is 250 g/mol. The normalized spacial score (nSPS) is 18.3. The topological polar surface area (TPSA) is 80.1 Å². The lowest BCUT2D eigenvalue weighted by Crippen LogP contribution is -2.45. The Morgan fingerprint density at radius 2 is 2.17 bits per heavy atom. The second kappa shape index (κ2) is 4.89. The standard InChI is InChI=1S/C12H18N4O2/c1-9-7-10(16(17)18)11(14-8-9)15-12(2)3-5-13-6-4-12/h7-8,13H,3-6H2,1-2H3,(H,14,15). The van der Waals surface area contributed by atoms with Gasteiger partial charge in [-0.2, -0.15) is 0 Å². The van der Waals surface area contributed by atoms with Crippen LogP contribution in [0.1, 0.15) is 25.3 Å². The van der Waals surface area contributed by atoms with Crippen LogP contribution in [-0.2, 0) is 0 Å². The fourth-order valence-corrected chi connectivity index (χ4v) is 2.18. The lowest BCUT2D eigenvalue weighted by atomic mass is 9.90. The number of nitro groups is 1. The number of piperidine rings is 1. The molecule has 0 saturated carbocycles. The maximum atomic E-state index is 11.0. The molecule has 98 valence electrons. The summed E-state index contributed by atoms with van der Waals surface area (Å²) < 4.78 is 0. The predicted octanol–water partition coefficient (Wildman–Crippen LogP) is 1.85. The molecule has 2 rings (SSSR count). The molecule has 1 aliphatic rings. The van der Waals surface area contributed by atoms with Gasteiger partial charge in [-0.25, -0.2) is 4.98 Å². The summed E-state index contributed by atoms with van der Waals surface area (Å²) in [7, 11) is 0. The van der Waals surface area contributed by atoms with E-state index >= 15 is 0 Å². The number of pyridine rings is 1. The van der Waals surface area contributed by atoms with Crippen molar-refractivity contribution in [2.45, 2.75) is 32.2 Å². The first-order chi connectivity index (χ1) is 8.50. The largest absolute Gasteiger partial charge is 0.359 e. The number of anilines is 1. The van der Waals surface area contributed by atoms with Gasteiger partial charge in [-0.05, 0) is 45.3 Å². The lowest BCUT2D eigenvalue weighted by molar-refractivity contribution is -0.384. The first-order valence-electron chi connectivity index (χ1n) is 6.10. The van der Waals surface area contributed by atoms with E-state index in [9.17, 15) is 10.1 Å². The molecule has 18 heavy (non-hydrogen) atoms. The molecule has 0 radical (unpaired) electrons. The Labute approximate surface area is 106 Å². The molecule has 0 amide bonds. The van der Waals surface area contributed by atoms with Crippen molar-refractivity contribution in [3.05, 3.63) is 27.9 Å². The molecule has 6 nitrogen and oxygen atoms in total. The SMILES string of the molecule is Cc1cnc(NC2(C)CCNCC2)c([N+](=O)[O-])c1. The summed E-state index contributed by atoms with van der Waals surface area (Å²) in [6, 6.07) is 1.56. The molecule has 0 unspecified atom stereocenters. The van der Waals surface area contributed by atoms with E-state index in [1.165, 1.54) is 0 Å². The number of hydrogen-bond donors (Lipinski definition) is 2. The van der Waals surface area contributed by atoms with Crippen molar-refractivity contribution in [1.29, 1.82) is 0 Å². The smallest absolute Gasteiger partial charge is 0.311 e. The van der Waals surface area contributed by atoms with E-state index in [-0.39, 0.29) is 16.1 Å². The Bertz CT molecular complexity index is 455. The van der Waals surface area contributed by atoms with Crippen molar-refractivity contribution in [2.24, 2.45) is 0 Å². The maximum Gasteiger partial charge on any atom is 0.311 e. The van der Waals surface area contributed by atoms with Crippen LogP contribution in [0.4, 0.5) is 11.5 Å². The Morgan fingerprint density at radius 3 is 2.78 bits per heavy atom. The van der Waals surface area contributed by atoms with Gasteiger partial charge in [-0.15, -0.1) is 0 Å². The monoisotopic (exact) mass is 250 g/mol. The van der Waals surface area contributed by atoms with Crippen molar-refractivity contribution in [2.75, 3.05) is 18.4 Å². The van der Waals surface area contributed by atoms with Crippen molar-refractivity contribution >= 4 is 11.5 Å². The van der Waals surface area contributed by atoms with Crippen LogP contribution in [0.5, 0.6) is 0 Å². The Balaban J connectivity index is 2.25. The van der Waals surface area contributed by atoms with E-state index in [1.54, 1.807) is 19.2 Å². The van der Waals surface area contributed by atoms with Crippen molar-refractivity contribution < 1.29 is 4.92 Å². The third-order valence-electron chi connectivity index (χ3n) is 3.33. The quantitative estimate of drug-likeness (QED) is 0.632. The number of rotatable bonds is 3. The van der Waals surface area contributed by atoms with Gasteiger partial charge in [-0.3, -0.25) is 10.1 Å². The minimum absolute atomic E-state index is 0.0507. The van der Waals surface area contributed by atoms with E-state index in [4.69, 9.17) is 0 Å². The second-order valence-electron chi connectivity index (χ2n) is 5.07. The van der Waals surface area contributed by atoms with E-state index in [1.807, 2.05) is 0 Å². The molecule has 0 bridgehead atoms. The number of nitrogens with zero attached hydrogens (tertiary/aromatic N) is 2.